The van der Waals surface area contributed by atoms with Crippen molar-refractivity contribution in [2.75, 3.05) is 26.2 Å². The minimum atomic E-state index is -2.72. The molecule has 5 aliphatic heterocycles. The third kappa shape index (κ3) is 6.91. The molecule has 62 heavy (non-hydrogen) atoms. The molecule has 3 atom stereocenters. The lowest BCUT2D eigenvalue weighted by Gasteiger charge is -2.46. The predicted octanol–water partition coefficient (Wildman–Crippen LogP) is 6.88. The molecule has 0 bridgehead atoms. The smallest absolute Gasteiger partial charge is 0.262 e. The largest absolute Gasteiger partial charge is 0.357 e. The quantitative estimate of drug-likeness (QED) is 0.154. The van der Waals surface area contributed by atoms with E-state index in [1.54, 1.807) is 24.0 Å². The van der Waals surface area contributed by atoms with Crippen LogP contribution in [0, 0.1) is 23.0 Å². The molecule has 2 N–H and O–H groups in total. The maximum atomic E-state index is 16.2. The summed E-state index contributed by atoms with van der Waals surface area (Å²) in [6.07, 6.45) is 3.56. The van der Waals surface area contributed by atoms with Crippen LogP contribution in [0.3, 0.4) is 0 Å². The summed E-state index contributed by atoms with van der Waals surface area (Å²) in [7, 11) is 0. The molecule has 10 rings (SSSR count). The van der Waals surface area contributed by atoms with Gasteiger partial charge in [-0.2, -0.15) is 0 Å². The number of imide groups is 2. The molecule has 15 heteroatoms. The third-order valence-corrected chi connectivity index (χ3v) is 14.8. The Balaban J connectivity index is 0.758. The predicted molar refractivity (Wildman–Crippen MR) is 219 cm³/mol. The molecule has 1 spiro atoms. The van der Waals surface area contributed by atoms with Crippen LogP contribution in [-0.4, -0.2) is 98.8 Å². The number of para-hydroxylation sites is 1. The highest BCUT2D eigenvalue weighted by molar-refractivity contribution is 6.23. The van der Waals surface area contributed by atoms with Crippen LogP contribution in [0.15, 0.2) is 48.5 Å². The number of aromatic nitrogens is 1. The number of hydrogen-bond donors (Lipinski definition) is 2. The minimum Gasteiger partial charge on any atom is -0.357 e. The zero-order chi connectivity index (χ0) is 43.2. The number of carbonyl (C=O) groups excluding carboxylic acids is 5. The Kier molecular flexibility index (Phi) is 10.1. The normalized spacial score (nSPS) is 24.3. The van der Waals surface area contributed by atoms with Crippen LogP contribution in [0.2, 0.25) is 0 Å². The molecule has 1 unspecified atom stereocenters. The first-order valence-corrected chi connectivity index (χ1v) is 21.8. The van der Waals surface area contributed by atoms with Crippen molar-refractivity contribution in [1.29, 1.82) is 0 Å². The number of fused-ring (bicyclic) bond motifs is 5. The van der Waals surface area contributed by atoms with Crippen molar-refractivity contribution in [3.8, 4) is 0 Å². The van der Waals surface area contributed by atoms with Gasteiger partial charge in [-0.1, -0.05) is 18.2 Å². The van der Waals surface area contributed by atoms with E-state index in [0.29, 0.717) is 55.3 Å². The summed E-state index contributed by atoms with van der Waals surface area (Å²) in [5.41, 5.74) is 4.34. The van der Waals surface area contributed by atoms with Crippen LogP contribution < -0.4 is 5.32 Å². The Morgan fingerprint density at radius 2 is 1.52 bits per heavy atom. The highest BCUT2D eigenvalue weighted by Gasteiger charge is 2.46. The van der Waals surface area contributed by atoms with Crippen molar-refractivity contribution in [3.05, 3.63) is 105 Å². The summed E-state index contributed by atoms with van der Waals surface area (Å²) in [5, 5.41) is 3.13. The highest BCUT2D eigenvalue weighted by atomic mass is 19.3. The summed E-state index contributed by atoms with van der Waals surface area (Å²) < 4.78 is 60.3. The first-order valence-electron chi connectivity index (χ1n) is 21.8. The van der Waals surface area contributed by atoms with Gasteiger partial charge in [-0.05, 0) is 117 Å². The number of nitrogens with one attached hydrogen (secondary N) is 2. The van der Waals surface area contributed by atoms with E-state index in [0.717, 1.165) is 89.7 Å². The van der Waals surface area contributed by atoms with E-state index >= 15 is 8.78 Å². The SMILES string of the molecule is C[C@@H]1Cc2c([nH]c3ccccc23)[C@H](c2c(F)cc(C(=O)N3CCC4(CCC(CN5Cc6cc7c(cc6C5)C(=O)N(C5CCC(=O)NC5=O)C7=O)CC4)CC3)cc2F)N1CC(F)F. The molecule has 6 heterocycles. The van der Waals surface area contributed by atoms with E-state index in [2.05, 4.69) is 15.2 Å². The molecule has 1 aromatic heterocycles. The number of nitrogens with zero attached hydrogens (tertiary/aromatic N) is 4. The number of amides is 5. The van der Waals surface area contributed by atoms with Gasteiger partial charge in [0.25, 0.3) is 24.1 Å². The number of hydrogen-bond acceptors (Lipinski definition) is 7. The van der Waals surface area contributed by atoms with Crippen LogP contribution >= 0.6 is 0 Å². The Morgan fingerprint density at radius 3 is 2.15 bits per heavy atom. The van der Waals surface area contributed by atoms with Gasteiger partial charge in [-0.15, -0.1) is 0 Å². The van der Waals surface area contributed by atoms with E-state index in [4.69, 9.17) is 0 Å². The average molecular weight is 853 g/mol. The average Bonchev–Trinajstić information content (AvgIpc) is 3.89. The lowest BCUT2D eigenvalue weighted by molar-refractivity contribution is -0.136. The molecule has 6 aliphatic rings. The highest BCUT2D eigenvalue weighted by Crippen LogP contribution is 2.48. The lowest BCUT2D eigenvalue weighted by Crippen LogP contribution is -2.54. The molecule has 3 fully saturated rings. The molecule has 3 aromatic carbocycles. The van der Waals surface area contributed by atoms with Gasteiger partial charge in [0.05, 0.1) is 23.7 Å². The fraction of sp³-hybridized carbons (Fsp3) is 0.468. The fourth-order valence-corrected chi connectivity index (χ4v) is 11.5. The third-order valence-electron chi connectivity index (χ3n) is 14.8. The molecule has 5 amide bonds. The molecule has 2 saturated heterocycles. The first kappa shape index (κ1) is 40.6. The summed E-state index contributed by atoms with van der Waals surface area (Å²) in [4.78, 5) is 74.4. The summed E-state index contributed by atoms with van der Waals surface area (Å²) in [5.74, 6) is -3.90. The number of likely N-dealkylation sites (tertiary alicyclic amines) is 1. The summed E-state index contributed by atoms with van der Waals surface area (Å²) in [6, 6.07) is 10.7. The molecule has 1 aliphatic carbocycles. The second-order valence-corrected chi connectivity index (χ2v) is 18.5. The monoisotopic (exact) mass is 852 g/mol. The number of rotatable bonds is 7. The Labute approximate surface area is 355 Å². The van der Waals surface area contributed by atoms with Crippen molar-refractivity contribution in [1.82, 2.24) is 29.9 Å². The second kappa shape index (κ2) is 15.4. The maximum Gasteiger partial charge on any atom is 0.262 e. The molecule has 1 saturated carbocycles. The van der Waals surface area contributed by atoms with Gasteiger partial charge in [0, 0.05) is 72.9 Å². The molecule has 324 valence electrons. The van der Waals surface area contributed by atoms with Crippen LogP contribution in [0.1, 0.15) is 123 Å². The molecular formula is C47H48F4N6O5. The Morgan fingerprint density at radius 1 is 0.871 bits per heavy atom. The number of halogens is 4. The fourth-order valence-electron chi connectivity index (χ4n) is 11.5. The van der Waals surface area contributed by atoms with E-state index < -0.39 is 72.3 Å². The number of benzene rings is 3. The van der Waals surface area contributed by atoms with E-state index in [-0.39, 0.29) is 29.4 Å². The number of piperidine rings is 2. The van der Waals surface area contributed by atoms with Crippen molar-refractivity contribution in [2.45, 2.75) is 102 Å². The number of carbonyl (C=O) groups is 5. The topological polar surface area (TPSA) is 126 Å². The molecule has 0 radical (unpaired) electrons. The molecule has 11 nitrogen and oxygen atoms in total. The van der Waals surface area contributed by atoms with Gasteiger partial charge in [-0.25, -0.2) is 17.6 Å². The molecule has 4 aromatic rings. The van der Waals surface area contributed by atoms with Crippen molar-refractivity contribution < 1.29 is 41.5 Å². The zero-order valence-corrected chi connectivity index (χ0v) is 34.5. The van der Waals surface area contributed by atoms with Crippen molar-refractivity contribution >= 4 is 40.4 Å². The number of aromatic amines is 1. The Hall–Kier alpha value is -5.41. The number of alkyl halides is 2. The van der Waals surface area contributed by atoms with Crippen LogP contribution in [0.4, 0.5) is 17.6 Å². The van der Waals surface area contributed by atoms with Gasteiger partial charge >= 0.3 is 0 Å². The number of H-pyrrole nitrogens is 1. The van der Waals surface area contributed by atoms with Crippen molar-refractivity contribution in [2.24, 2.45) is 11.3 Å². The standard InChI is InChI=1S/C47H48F4N6O5/c1-25-16-31-30-4-2-3-5-36(30)52-41(31)42(56(25)24-38(50)51)40-34(48)19-27(20-35(40)49)44(60)55-14-12-47(13-15-55)10-8-26(9-11-47)21-54-22-28-17-32-33(18-29(28)23-54)46(62)57(45(32)61)37-6-7-39(58)53-43(37)59/h2-5,17-20,25-26,37-38,42,52H,6-16,21-24H2,1H3,(H,53,58,59)/t25-,37?,42+/m1/s1. The first-order chi connectivity index (χ1) is 29.8. The summed E-state index contributed by atoms with van der Waals surface area (Å²) in [6.45, 7) is 4.26. The van der Waals surface area contributed by atoms with Gasteiger partial charge in [0.15, 0.2) is 0 Å². The Bertz CT molecular complexity index is 2470. The van der Waals surface area contributed by atoms with Gasteiger partial charge < -0.3 is 9.88 Å². The lowest BCUT2D eigenvalue weighted by atomic mass is 9.65. The van der Waals surface area contributed by atoms with Gasteiger partial charge in [0.2, 0.25) is 11.8 Å². The van der Waals surface area contributed by atoms with Crippen molar-refractivity contribution in [3.63, 3.8) is 0 Å². The van der Waals surface area contributed by atoms with Gasteiger partial charge in [-0.3, -0.25) is 44.0 Å². The minimum absolute atomic E-state index is 0.0702. The van der Waals surface area contributed by atoms with E-state index in [9.17, 15) is 32.8 Å². The second-order valence-electron chi connectivity index (χ2n) is 18.5. The van der Waals surface area contributed by atoms with Gasteiger partial charge in [0.1, 0.15) is 17.7 Å². The van der Waals surface area contributed by atoms with Crippen LogP contribution in [-0.2, 0) is 29.1 Å². The summed E-state index contributed by atoms with van der Waals surface area (Å²) >= 11 is 0. The van der Waals surface area contributed by atoms with E-state index in [1.165, 1.54) is 4.90 Å². The maximum absolute atomic E-state index is 16.2. The zero-order valence-electron chi connectivity index (χ0n) is 34.5. The molecular weight excluding hydrogens is 805 g/mol. The van der Waals surface area contributed by atoms with Crippen LogP contribution in [0.25, 0.3) is 10.9 Å². The van der Waals surface area contributed by atoms with E-state index in [1.807, 2.05) is 24.3 Å². The van der Waals surface area contributed by atoms with Crippen LogP contribution in [0.5, 0.6) is 0 Å².